The Morgan fingerprint density at radius 1 is 0.773 bits per heavy atom. The summed E-state index contributed by atoms with van der Waals surface area (Å²) < 4.78 is 0. The van der Waals surface area contributed by atoms with E-state index in [0.717, 1.165) is 12.8 Å². The third kappa shape index (κ3) is 11.1. The van der Waals surface area contributed by atoms with Crippen LogP contribution in [0, 0.1) is 27.0 Å². The monoisotopic (exact) mass is 426 g/mol. The topological polar surface area (TPSA) is 0 Å². The molecule has 0 aliphatic heterocycles. The van der Waals surface area contributed by atoms with Gasteiger partial charge in [0.25, 0.3) is 0 Å². The molecule has 22 heavy (non-hydrogen) atoms. The van der Waals surface area contributed by atoms with E-state index in [1.807, 2.05) is 6.88 Å². The van der Waals surface area contributed by atoms with E-state index >= 15 is 0 Å². The zero-order chi connectivity index (χ0) is 15.8. The van der Waals surface area contributed by atoms with Crippen molar-refractivity contribution in [2.24, 2.45) is 0 Å². The fraction of sp³-hybridized carbons (Fsp3) is 0.444. The summed E-state index contributed by atoms with van der Waals surface area (Å²) in [5, 5.41) is 3.12. The Morgan fingerprint density at radius 3 is 1.14 bits per heavy atom. The molecule has 0 spiro atoms. The van der Waals surface area contributed by atoms with Gasteiger partial charge in [0.05, 0.1) is 0 Å². The molecule has 0 aromatic carbocycles. The summed E-state index contributed by atoms with van der Waals surface area (Å²) in [5.41, 5.74) is 0. The fourth-order valence-corrected chi connectivity index (χ4v) is 4.34. The van der Waals surface area contributed by atoms with Crippen LogP contribution in [0.3, 0.4) is 0 Å². The molecule has 0 heterocycles. The van der Waals surface area contributed by atoms with Gasteiger partial charge in [-0.15, -0.1) is 12.8 Å². The van der Waals surface area contributed by atoms with Crippen molar-refractivity contribution in [3.63, 3.8) is 0 Å². The summed E-state index contributed by atoms with van der Waals surface area (Å²) in [7, 11) is -1.96. The molecule has 0 nitrogen and oxygen atoms in total. The van der Waals surface area contributed by atoms with Gasteiger partial charge in [-0.25, -0.2) is 22.5 Å². The van der Waals surface area contributed by atoms with Crippen LogP contribution >= 0.6 is 0 Å². The van der Waals surface area contributed by atoms with Gasteiger partial charge in [0.1, 0.15) is 0 Å². The summed E-state index contributed by atoms with van der Waals surface area (Å²) in [4.78, 5) is 0. The molecule has 0 aromatic rings. The molecule has 0 aromatic heterocycles. The van der Waals surface area contributed by atoms with Crippen molar-refractivity contribution in [2.45, 2.75) is 52.1 Å². The molecule has 4 heteroatoms. The minimum atomic E-state index is -0.981. The molecule has 2 aliphatic carbocycles. The average molecular weight is 428 g/mol. The summed E-state index contributed by atoms with van der Waals surface area (Å²) in [5.74, 6) is 0. The van der Waals surface area contributed by atoms with Crippen LogP contribution in [0.2, 0.25) is 39.3 Å². The van der Waals surface area contributed by atoms with Gasteiger partial charge < -0.3 is 14.9 Å². The molecule has 0 unspecified atom stereocenters. The predicted molar refractivity (Wildman–Crippen MR) is 112 cm³/mol. The quantitative estimate of drug-likeness (QED) is 0.448. The second kappa shape index (κ2) is 12.9. The summed E-state index contributed by atoms with van der Waals surface area (Å²) in [6.45, 7) is 16.2. The van der Waals surface area contributed by atoms with Crippen molar-refractivity contribution >= 4 is 23.0 Å². The van der Waals surface area contributed by atoms with E-state index in [-0.39, 0.29) is 14.9 Å². The normalized spacial score (nSPS) is 15.2. The first kappa shape index (κ1) is 27.3. The Bertz CT molecular complexity index is 379. The zero-order valence-electron chi connectivity index (χ0n) is 16.1. The van der Waals surface area contributed by atoms with Crippen LogP contribution in [0.25, 0.3) is 0 Å². The average Bonchev–Trinajstić information content (AvgIpc) is 3.04. The maximum absolute atomic E-state index is 3.20. The molecule has 0 N–H and O–H groups in total. The van der Waals surface area contributed by atoms with Gasteiger partial charge >= 0.3 is 30.2 Å². The molecule has 2 rings (SSSR count). The molecule has 128 valence electrons. The van der Waals surface area contributed by atoms with Crippen LogP contribution < -0.4 is 0 Å². The van der Waals surface area contributed by atoms with Crippen LogP contribution in [0.1, 0.15) is 12.8 Å². The molecule has 0 bridgehead atoms. The van der Waals surface area contributed by atoms with Gasteiger partial charge in [-0.1, -0.05) is 39.3 Å². The molecular weight excluding hydrogens is 392 g/mol. The summed E-state index contributed by atoms with van der Waals surface area (Å²) in [6, 6.07) is 0. The SMILES string of the molecule is C[Si](C)(C)C1=CC[C-]=C1.C[Si](C)(C)C1=CC[C-]=C1.[CH3-].[CH3-].[SiH2]=[ZrH2]. The molecule has 0 fully saturated rings. The Kier molecular flexibility index (Phi) is 16.0. The first-order valence-electron chi connectivity index (χ1n) is 7.26. The van der Waals surface area contributed by atoms with Crippen LogP contribution in [-0.2, 0) is 23.3 Å². The van der Waals surface area contributed by atoms with Gasteiger partial charge in [-0.2, -0.15) is 12.2 Å². The van der Waals surface area contributed by atoms with Crippen LogP contribution in [0.15, 0.2) is 34.7 Å². The van der Waals surface area contributed by atoms with E-state index < -0.39 is 16.1 Å². The van der Waals surface area contributed by atoms with Gasteiger partial charge in [-0.05, 0) is 16.1 Å². The van der Waals surface area contributed by atoms with Gasteiger partial charge in [-0.3, -0.25) is 12.2 Å². The Morgan fingerprint density at radius 2 is 1.05 bits per heavy atom. The first-order chi connectivity index (χ1) is 9.21. The van der Waals surface area contributed by atoms with Crippen molar-refractivity contribution in [3.05, 3.63) is 61.7 Å². The third-order valence-corrected chi connectivity index (χ3v) is 7.29. The number of allylic oxidation sites excluding steroid dienone is 8. The van der Waals surface area contributed by atoms with E-state index in [1.165, 1.54) is 23.3 Å². The van der Waals surface area contributed by atoms with E-state index in [9.17, 15) is 0 Å². The molecule has 0 amide bonds. The van der Waals surface area contributed by atoms with E-state index in [2.05, 4.69) is 75.7 Å². The molecule has 2 aliphatic rings. The van der Waals surface area contributed by atoms with Crippen LogP contribution in [0.5, 0.6) is 0 Å². The van der Waals surface area contributed by atoms with Crippen molar-refractivity contribution in [2.75, 3.05) is 0 Å². The van der Waals surface area contributed by atoms with Crippen molar-refractivity contribution in [1.29, 1.82) is 0 Å². The van der Waals surface area contributed by atoms with Crippen LogP contribution in [-0.4, -0.2) is 23.0 Å². The standard InChI is InChI=1S/2C8H13Si.2CH3.H2Si.Zr.2H/c2*1-9(2,3)8-6-4-5-7-8;;;;;;/h2*6-7H,4H2,1-3H3;2*1H3;1H2;;;/q4*-1;;;;. The van der Waals surface area contributed by atoms with Crippen molar-refractivity contribution in [1.82, 2.24) is 0 Å². The molecule has 0 atom stereocenters. The van der Waals surface area contributed by atoms with E-state index in [1.54, 1.807) is 10.4 Å². The molecular formula is C18H36Si3Zr-4. The predicted octanol–water partition coefficient (Wildman–Crippen LogP) is 4.55. The number of hydrogen-bond donors (Lipinski definition) is 0. The van der Waals surface area contributed by atoms with E-state index in [0.29, 0.717) is 0 Å². The Labute approximate surface area is 159 Å². The molecule has 0 radical (unpaired) electrons. The summed E-state index contributed by atoms with van der Waals surface area (Å²) in [6.07, 6.45) is 17.4. The third-order valence-electron chi connectivity index (χ3n) is 3.13. The molecule has 0 saturated carbocycles. The Balaban J connectivity index is -0.000000273. The number of rotatable bonds is 2. The van der Waals surface area contributed by atoms with E-state index in [4.69, 9.17) is 0 Å². The van der Waals surface area contributed by atoms with Gasteiger partial charge in [0.2, 0.25) is 0 Å². The summed E-state index contributed by atoms with van der Waals surface area (Å²) >= 11 is 1.18. The first-order valence-corrected chi connectivity index (χ1v) is 22.6. The van der Waals surface area contributed by atoms with Crippen molar-refractivity contribution in [3.8, 4) is 0 Å². The maximum atomic E-state index is 3.20. The Hall–Kier alpha value is 0.494. The van der Waals surface area contributed by atoms with Gasteiger partial charge in [0, 0.05) is 0 Å². The number of hydrogen-bond acceptors (Lipinski definition) is 0. The molecule has 0 saturated heterocycles. The second-order valence-corrected chi connectivity index (χ2v) is 17.1. The van der Waals surface area contributed by atoms with Crippen molar-refractivity contribution < 1.29 is 23.3 Å². The second-order valence-electron chi connectivity index (χ2n) is 6.92. The van der Waals surface area contributed by atoms with Crippen LogP contribution in [0.4, 0.5) is 0 Å². The minimum absolute atomic E-state index is 0. The van der Waals surface area contributed by atoms with Gasteiger partial charge in [0.15, 0.2) is 0 Å². The zero-order valence-corrected chi connectivity index (χ0v) is 23.0. The fourth-order valence-electron chi connectivity index (χ4n) is 1.84.